The zero-order valence-electron chi connectivity index (χ0n) is 28.5. The van der Waals surface area contributed by atoms with E-state index in [2.05, 4.69) is 91.9 Å². The fraction of sp³-hybridized carbons (Fsp3) is 0.410. The average Bonchev–Trinajstić information content (AvgIpc) is 3.13. The molecule has 0 spiro atoms. The van der Waals surface area contributed by atoms with Gasteiger partial charge < -0.3 is 21.3 Å². The van der Waals surface area contributed by atoms with Crippen molar-refractivity contribution in [2.24, 2.45) is 0 Å². The molecule has 2 aliphatic rings. The van der Waals surface area contributed by atoms with E-state index in [0.29, 0.717) is 17.4 Å². The van der Waals surface area contributed by atoms with Crippen molar-refractivity contribution in [3.8, 4) is 22.5 Å². The number of rotatable bonds is 12. The van der Waals surface area contributed by atoms with Gasteiger partial charge in [-0.15, -0.1) is 0 Å². The molecule has 6 rings (SSSR count). The molecule has 0 saturated carbocycles. The SMILES string of the molecule is CC(C(=O)C(C)N1CCN(CCc2ccc(-c3cccc(N)n3)cc2)CC1)N1CCN(CCc2ccc(-c3cccc(N)n3)cc2)CC1. The minimum atomic E-state index is -0.0566. The van der Waals surface area contributed by atoms with Crippen molar-refractivity contribution < 1.29 is 4.79 Å². The summed E-state index contributed by atoms with van der Waals surface area (Å²) < 4.78 is 0. The number of carbonyl (C=O) groups is 1. The highest BCUT2D eigenvalue weighted by Gasteiger charge is 2.32. The second kappa shape index (κ2) is 15.8. The van der Waals surface area contributed by atoms with E-state index in [1.165, 1.54) is 11.1 Å². The molecule has 0 radical (unpaired) electrons. The monoisotopic (exact) mass is 646 g/mol. The minimum Gasteiger partial charge on any atom is -0.384 e. The lowest BCUT2D eigenvalue weighted by Gasteiger charge is -2.41. The van der Waals surface area contributed by atoms with Gasteiger partial charge in [-0.1, -0.05) is 60.7 Å². The topological polar surface area (TPSA) is 108 Å². The number of hydrogen-bond acceptors (Lipinski definition) is 9. The van der Waals surface area contributed by atoms with Crippen LogP contribution >= 0.6 is 0 Å². The van der Waals surface area contributed by atoms with Gasteiger partial charge in [0.15, 0.2) is 5.78 Å². The van der Waals surface area contributed by atoms with Crippen molar-refractivity contribution in [3.63, 3.8) is 0 Å². The Morgan fingerprint density at radius 3 is 1.31 bits per heavy atom. The number of Topliss-reactive ketones (excluding diaryl/α,β-unsaturated/α-hetero) is 1. The normalized spacial score (nSPS) is 18.0. The predicted octanol–water partition coefficient (Wildman–Crippen LogP) is 4.34. The molecule has 4 aromatic rings. The van der Waals surface area contributed by atoms with E-state index >= 15 is 0 Å². The molecule has 9 heteroatoms. The summed E-state index contributed by atoms with van der Waals surface area (Å²) >= 11 is 0. The molecular formula is C39H50N8O. The zero-order chi connectivity index (χ0) is 33.5. The molecule has 2 atom stereocenters. The lowest BCUT2D eigenvalue weighted by molar-refractivity contribution is -0.130. The third-order valence-corrected chi connectivity index (χ3v) is 10.2. The molecule has 0 bridgehead atoms. The van der Waals surface area contributed by atoms with Gasteiger partial charge in [0.25, 0.3) is 0 Å². The van der Waals surface area contributed by atoms with Gasteiger partial charge in [-0.05, 0) is 62.1 Å². The van der Waals surface area contributed by atoms with Gasteiger partial charge >= 0.3 is 0 Å². The quantitative estimate of drug-likeness (QED) is 0.233. The number of nitrogens with zero attached hydrogens (tertiary/aromatic N) is 6. The molecule has 4 heterocycles. The van der Waals surface area contributed by atoms with Crippen LogP contribution in [0, 0.1) is 0 Å². The smallest absolute Gasteiger partial charge is 0.166 e. The van der Waals surface area contributed by atoms with Crippen molar-refractivity contribution in [2.45, 2.75) is 38.8 Å². The van der Waals surface area contributed by atoms with Crippen molar-refractivity contribution in [1.29, 1.82) is 0 Å². The Balaban J connectivity index is 0.888. The summed E-state index contributed by atoms with van der Waals surface area (Å²) in [6, 6.07) is 28.7. The van der Waals surface area contributed by atoms with E-state index in [1.54, 1.807) is 0 Å². The van der Waals surface area contributed by atoms with Gasteiger partial charge in [-0.25, -0.2) is 9.97 Å². The van der Waals surface area contributed by atoms with Crippen LogP contribution in [0.2, 0.25) is 0 Å². The Morgan fingerprint density at radius 1 is 0.583 bits per heavy atom. The van der Waals surface area contributed by atoms with Crippen LogP contribution in [0.15, 0.2) is 84.9 Å². The predicted molar refractivity (Wildman–Crippen MR) is 196 cm³/mol. The number of piperazine rings is 2. The number of carbonyl (C=O) groups excluding carboxylic acids is 1. The van der Waals surface area contributed by atoms with Gasteiger partial charge in [0.05, 0.1) is 23.5 Å². The van der Waals surface area contributed by atoms with Gasteiger partial charge in [0.2, 0.25) is 0 Å². The van der Waals surface area contributed by atoms with Crippen LogP contribution in [0.1, 0.15) is 25.0 Å². The third-order valence-electron chi connectivity index (χ3n) is 10.2. The van der Waals surface area contributed by atoms with Crippen molar-refractivity contribution in [3.05, 3.63) is 96.1 Å². The first-order valence-electron chi connectivity index (χ1n) is 17.4. The lowest BCUT2D eigenvalue weighted by atomic mass is 10.0. The Kier molecular flexibility index (Phi) is 11.1. The number of nitrogen functional groups attached to an aromatic ring is 2. The maximum absolute atomic E-state index is 13.6. The molecule has 2 saturated heterocycles. The van der Waals surface area contributed by atoms with Crippen LogP contribution in [0.25, 0.3) is 22.5 Å². The van der Waals surface area contributed by atoms with E-state index < -0.39 is 0 Å². The Labute approximate surface area is 285 Å². The second-order valence-electron chi connectivity index (χ2n) is 13.3. The number of pyridine rings is 2. The molecule has 0 amide bonds. The summed E-state index contributed by atoms with van der Waals surface area (Å²) in [4.78, 5) is 32.3. The molecule has 48 heavy (non-hydrogen) atoms. The maximum Gasteiger partial charge on any atom is 0.166 e. The molecule has 2 aromatic carbocycles. The Hall–Kier alpha value is -4.15. The summed E-state index contributed by atoms with van der Waals surface area (Å²) in [5.41, 5.74) is 18.3. The number of aromatic nitrogens is 2. The average molecular weight is 647 g/mol. The summed E-state index contributed by atoms with van der Waals surface area (Å²) in [5, 5.41) is 0. The summed E-state index contributed by atoms with van der Waals surface area (Å²) in [6.45, 7) is 14.0. The van der Waals surface area contributed by atoms with Gasteiger partial charge in [0.1, 0.15) is 11.6 Å². The van der Waals surface area contributed by atoms with Gasteiger partial charge in [0, 0.05) is 76.6 Å². The first-order chi connectivity index (χ1) is 23.3. The van der Waals surface area contributed by atoms with Crippen molar-refractivity contribution in [1.82, 2.24) is 29.6 Å². The maximum atomic E-state index is 13.6. The van der Waals surface area contributed by atoms with E-state index in [0.717, 1.165) is 101 Å². The molecule has 2 aromatic heterocycles. The van der Waals surface area contributed by atoms with E-state index in [1.807, 2.05) is 36.4 Å². The standard InChI is InChI=1S/C39H50N8O/c1-29(46-25-21-44(22-26-46)19-17-31-9-13-33(14-10-31)35-5-3-7-37(40)42-35)39(48)30(2)47-27-23-45(24-28-47)20-18-32-11-15-34(16-12-32)36-6-4-8-38(41)43-36/h3-16,29-30H,17-28H2,1-2H3,(H2,40,42)(H2,41,43). The van der Waals surface area contributed by atoms with E-state index in [4.69, 9.17) is 11.5 Å². The van der Waals surface area contributed by atoms with Crippen LogP contribution in [0.5, 0.6) is 0 Å². The van der Waals surface area contributed by atoms with Crippen LogP contribution in [-0.4, -0.2) is 113 Å². The number of nitrogens with two attached hydrogens (primary N) is 2. The molecule has 4 N–H and O–H groups in total. The molecule has 2 aliphatic heterocycles. The molecular weight excluding hydrogens is 596 g/mol. The number of hydrogen-bond donors (Lipinski definition) is 2. The van der Waals surface area contributed by atoms with Gasteiger partial charge in [-0.2, -0.15) is 0 Å². The van der Waals surface area contributed by atoms with E-state index in [9.17, 15) is 4.79 Å². The van der Waals surface area contributed by atoms with E-state index in [-0.39, 0.29) is 12.1 Å². The molecule has 252 valence electrons. The summed E-state index contributed by atoms with van der Waals surface area (Å²) in [7, 11) is 0. The van der Waals surface area contributed by atoms with Crippen LogP contribution in [-0.2, 0) is 17.6 Å². The summed E-state index contributed by atoms with van der Waals surface area (Å²) in [5.74, 6) is 1.43. The highest BCUT2D eigenvalue weighted by molar-refractivity contribution is 5.88. The molecule has 9 nitrogen and oxygen atoms in total. The van der Waals surface area contributed by atoms with Crippen LogP contribution < -0.4 is 11.5 Å². The highest BCUT2D eigenvalue weighted by Crippen LogP contribution is 2.21. The Bertz CT molecular complexity index is 1510. The molecule has 0 aliphatic carbocycles. The van der Waals surface area contributed by atoms with Crippen molar-refractivity contribution >= 4 is 17.4 Å². The zero-order valence-corrected chi connectivity index (χ0v) is 28.5. The number of benzene rings is 2. The number of anilines is 2. The molecule has 2 unspecified atom stereocenters. The fourth-order valence-corrected chi connectivity index (χ4v) is 6.94. The second-order valence-corrected chi connectivity index (χ2v) is 13.3. The first-order valence-corrected chi connectivity index (χ1v) is 17.4. The lowest BCUT2D eigenvalue weighted by Crippen LogP contribution is -2.57. The minimum absolute atomic E-state index is 0.0566. The molecule has 2 fully saturated rings. The van der Waals surface area contributed by atoms with Crippen LogP contribution in [0.3, 0.4) is 0 Å². The number of ketones is 1. The summed E-state index contributed by atoms with van der Waals surface area (Å²) in [6.07, 6.45) is 2.02. The Morgan fingerprint density at radius 2 is 0.958 bits per heavy atom. The van der Waals surface area contributed by atoms with Crippen molar-refractivity contribution in [2.75, 3.05) is 76.9 Å². The van der Waals surface area contributed by atoms with Crippen LogP contribution in [0.4, 0.5) is 11.6 Å². The highest BCUT2D eigenvalue weighted by atomic mass is 16.1. The fourth-order valence-electron chi connectivity index (χ4n) is 6.94. The third kappa shape index (κ3) is 8.65. The van der Waals surface area contributed by atoms with Gasteiger partial charge in [-0.3, -0.25) is 14.6 Å². The first kappa shape index (κ1) is 33.7. The largest absolute Gasteiger partial charge is 0.384 e.